The molecule has 2 aromatic carbocycles. The first-order valence-electron chi connectivity index (χ1n) is 9.26. The minimum Gasteiger partial charge on any atom is -0.477 e. The molecule has 1 aromatic heterocycles. The van der Waals surface area contributed by atoms with Gasteiger partial charge in [0.2, 0.25) is 0 Å². The molecular formula is C22H24N2O2. The molecule has 1 fully saturated rings. The summed E-state index contributed by atoms with van der Waals surface area (Å²) in [6.45, 7) is 3.24. The number of rotatable bonds is 6. The van der Waals surface area contributed by atoms with Crippen LogP contribution in [0, 0.1) is 6.92 Å². The fourth-order valence-corrected chi connectivity index (χ4v) is 3.78. The minimum absolute atomic E-state index is 0.404. The van der Waals surface area contributed by atoms with Crippen molar-refractivity contribution >= 4 is 16.9 Å². The summed E-state index contributed by atoms with van der Waals surface area (Å²) in [7, 11) is 0. The van der Waals surface area contributed by atoms with E-state index in [2.05, 4.69) is 24.4 Å². The maximum absolute atomic E-state index is 12.2. The molecule has 0 unspecified atom stereocenters. The van der Waals surface area contributed by atoms with Crippen LogP contribution >= 0.6 is 0 Å². The van der Waals surface area contributed by atoms with E-state index in [0.717, 1.165) is 22.0 Å². The SMILES string of the molecule is Cc1ccccc1Cn1c(C(=O)O)c(CNC2CCC2)c2ccccc21. The Morgan fingerprint density at radius 1 is 1.15 bits per heavy atom. The van der Waals surface area contributed by atoms with E-state index in [4.69, 9.17) is 0 Å². The minimum atomic E-state index is -0.861. The Balaban J connectivity index is 1.81. The highest BCUT2D eigenvalue weighted by Crippen LogP contribution is 2.29. The molecule has 0 radical (unpaired) electrons. The number of nitrogens with zero attached hydrogens (tertiary/aromatic N) is 1. The molecule has 1 saturated carbocycles. The van der Waals surface area contributed by atoms with Crippen molar-refractivity contribution in [2.24, 2.45) is 0 Å². The molecule has 0 amide bonds. The molecule has 4 nitrogen and oxygen atoms in total. The maximum Gasteiger partial charge on any atom is 0.352 e. The number of carbonyl (C=O) groups is 1. The molecule has 3 aromatic rings. The van der Waals surface area contributed by atoms with E-state index in [1.165, 1.54) is 24.8 Å². The summed E-state index contributed by atoms with van der Waals surface area (Å²) in [5.74, 6) is -0.861. The number of fused-ring (bicyclic) bond motifs is 1. The van der Waals surface area contributed by atoms with Gasteiger partial charge < -0.3 is 15.0 Å². The highest BCUT2D eigenvalue weighted by atomic mass is 16.4. The van der Waals surface area contributed by atoms with Gasteiger partial charge in [0.1, 0.15) is 5.69 Å². The molecule has 0 bridgehead atoms. The molecular weight excluding hydrogens is 324 g/mol. The van der Waals surface area contributed by atoms with E-state index in [9.17, 15) is 9.90 Å². The van der Waals surface area contributed by atoms with Gasteiger partial charge in [-0.2, -0.15) is 0 Å². The van der Waals surface area contributed by atoms with Gasteiger partial charge in [-0.3, -0.25) is 0 Å². The highest BCUT2D eigenvalue weighted by molar-refractivity contribution is 5.98. The zero-order valence-corrected chi connectivity index (χ0v) is 15.0. The van der Waals surface area contributed by atoms with Crippen molar-refractivity contribution in [2.75, 3.05) is 0 Å². The van der Waals surface area contributed by atoms with Crippen LogP contribution in [0.15, 0.2) is 48.5 Å². The van der Waals surface area contributed by atoms with Crippen LogP contribution in [0.1, 0.15) is 46.4 Å². The Morgan fingerprint density at radius 2 is 1.88 bits per heavy atom. The maximum atomic E-state index is 12.2. The molecule has 0 aliphatic heterocycles. The zero-order chi connectivity index (χ0) is 18.1. The molecule has 134 valence electrons. The lowest BCUT2D eigenvalue weighted by Crippen LogP contribution is -2.34. The van der Waals surface area contributed by atoms with Crippen LogP contribution in [0.4, 0.5) is 0 Å². The normalized spacial score (nSPS) is 14.5. The number of hydrogen-bond donors (Lipinski definition) is 2. The third kappa shape index (κ3) is 3.01. The predicted octanol–water partition coefficient (Wildman–Crippen LogP) is 4.34. The number of nitrogens with one attached hydrogen (secondary N) is 1. The fraction of sp³-hybridized carbons (Fsp3) is 0.318. The molecule has 2 N–H and O–H groups in total. The Bertz CT molecular complexity index is 954. The van der Waals surface area contributed by atoms with Gasteiger partial charge in [0.05, 0.1) is 0 Å². The van der Waals surface area contributed by atoms with E-state index >= 15 is 0 Å². The lowest BCUT2D eigenvalue weighted by atomic mass is 9.93. The van der Waals surface area contributed by atoms with Crippen molar-refractivity contribution in [3.05, 3.63) is 70.9 Å². The molecule has 1 aliphatic rings. The van der Waals surface area contributed by atoms with Crippen LogP contribution in [-0.2, 0) is 13.1 Å². The molecule has 0 spiro atoms. The number of carboxylic acid groups (broad SMARTS) is 1. The molecule has 1 aliphatic carbocycles. The molecule has 4 heteroatoms. The van der Waals surface area contributed by atoms with Gasteiger partial charge in [0.25, 0.3) is 0 Å². The number of aromatic nitrogens is 1. The fourth-order valence-electron chi connectivity index (χ4n) is 3.78. The van der Waals surface area contributed by atoms with E-state index in [1.807, 2.05) is 41.0 Å². The molecule has 0 saturated heterocycles. The topological polar surface area (TPSA) is 54.3 Å². The number of para-hydroxylation sites is 1. The second-order valence-electron chi connectivity index (χ2n) is 7.17. The van der Waals surface area contributed by atoms with Crippen molar-refractivity contribution in [3.8, 4) is 0 Å². The van der Waals surface area contributed by atoms with E-state index in [1.54, 1.807) is 0 Å². The first kappa shape index (κ1) is 16.9. The van der Waals surface area contributed by atoms with E-state index in [0.29, 0.717) is 24.8 Å². The summed E-state index contributed by atoms with van der Waals surface area (Å²) in [4.78, 5) is 12.2. The third-order valence-electron chi connectivity index (χ3n) is 5.54. The van der Waals surface area contributed by atoms with Gasteiger partial charge in [-0.15, -0.1) is 0 Å². The molecule has 26 heavy (non-hydrogen) atoms. The standard InChI is InChI=1S/C22H24N2O2/c1-15-7-2-3-8-16(15)14-24-20-12-5-4-11-18(20)19(21(24)22(25)26)13-23-17-9-6-10-17/h2-5,7-8,11-12,17,23H,6,9-10,13-14H2,1H3,(H,25,26). The molecule has 1 heterocycles. The Hall–Kier alpha value is -2.59. The monoisotopic (exact) mass is 348 g/mol. The average molecular weight is 348 g/mol. The van der Waals surface area contributed by atoms with Crippen LogP contribution in [0.5, 0.6) is 0 Å². The van der Waals surface area contributed by atoms with E-state index in [-0.39, 0.29) is 0 Å². The van der Waals surface area contributed by atoms with Gasteiger partial charge in [-0.05, 0) is 37.0 Å². The van der Waals surface area contributed by atoms with Gasteiger partial charge in [-0.1, -0.05) is 48.9 Å². The molecule has 4 rings (SSSR count). The van der Waals surface area contributed by atoms with Crippen LogP contribution < -0.4 is 5.32 Å². The second kappa shape index (κ2) is 6.96. The van der Waals surface area contributed by atoms with Gasteiger partial charge in [-0.25, -0.2) is 4.79 Å². The summed E-state index contributed by atoms with van der Waals surface area (Å²) in [5.41, 5.74) is 4.61. The number of aromatic carboxylic acids is 1. The van der Waals surface area contributed by atoms with Crippen LogP contribution in [0.25, 0.3) is 10.9 Å². The lowest BCUT2D eigenvalue weighted by molar-refractivity contribution is 0.0684. The zero-order valence-electron chi connectivity index (χ0n) is 15.0. The highest BCUT2D eigenvalue weighted by Gasteiger charge is 2.24. The Morgan fingerprint density at radius 3 is 2.58 bits per heavy atom. The van der Waals surface area contributed by atoms with Gasteiger partial charge in [0.15, 0.2) is 0 Å². The summed E-state index contributed by atoms with van der Waals surface area (Å²) in [6.07, 6.45) is 3.63. The van der Waals surface area contributed by atoms with Crippen molar-refractivity contribution < 1.29 is 9.90 Å². The lowest BCUT2D eigenvalue weighted by Gasteiger charge is -2.26. The van der Waals surface area contributed by atoms with Crippen LogP contribution in [0.3, 0.4) is 0 Å². The largest absolute Gasteiger partial charge is 0.477 e. The van der Waals surface area contributed by atoms with Gasteiger partial charge >= 0.3 is 5.97 Å². The molecule has 0 atom stereocenters. The van der Waals surface area contributed by atoms with Crippen molar-refractivity contribution in [3.63, 3.8) is 0 Å². The number of benzene rings is 2. The number of hydrogen-bond acceptors (Lipinski definition) is 2. The third-order valence-corrected chi connectivity index (χ3v) is 5.54. The van der Waals surface area contributed by atoms with Crippen LogP contribution in [-0.4, -0.2) is 21.7 Å². The quantitative estimate of drug-likeness (QED) is 0.697. The summed E-state index contributed by atoms with van der Waals surface area (Å²) in [6, 6.07) is 16.7. The average Bonchev–Trinajstić information content (AvgIpc) is 2.90. The summed E-state index contributed by atoms with van der Waals surface area (Å²) < 4.78 is 1.96. The van der Waals surface area contributed by atoms with Crippen LogP contribution in [0.2, 0.25) is 0 Å². The predicted molar refractivity (Wildman–Crippen MR) is 104 cm³/mol. The number of carboxylic acids is 1. The first-order valence-corrected chi connectivity index (χ1v) is 9.26. The van der Waals surface area contributed by atoms with Crippen molar-refractivity contribution in [2.45, 2.75) is 45.3 Å². The first-order chi connectivity index (χ1) is 12.6. The second-order valence-corrected chi connectivity index (χ2v) is 7.17. The van der Waals surface area contributed by atoms with E-state index < -0.39 is 5.97 Å². The van der Waals surface area contributed by atoms with Gasteiger partial charge in [0, 0.05) is 35.6 Å². The van der Waals surface area contributed by atoms with Crippen molar-refractivity contribution in [1.82, 2.24) is 9.88 Å². The summed E-state index contributed by atoms with van der Waals surface area (Å²) in [5, 5.41) is 14.6. The smallest absolute Gasteiger partial charge is 0.352 e. The Kier molecular flexibility index (Phi) is 4.51. The number of aryl methyl sites for hydroxylation is 1. The summed E-state index contributed by atoms with van der Waals surface area (Å²) >= 11 is 0. The Labute approximate surface area is 153 Å². The van der Waals surface area contributed by atoms with Crippen molar-refractivity contribution in [1.29, 1.82) is 0 Å².